The van der Waals surface area contributed by atoms with Crippen molar-refractivity contribution < 1.29 is 32.2 Å². The van der Waals surface area contributed by atoms with E-state index in [1.54, 1.807) is 12.1 Å². The van der Waals surface area contributed by atoms with Crippen molar-refractivity contribution in [2.75, 3.05) is 19.5 Å². The van der Waals surface area contributed by atoms with E-state index in [9.17, 15) is 18.0 Å². The fourth-order valence-corrected chi connectivity index (χ4v) is 2.38. The van der Waals surface area contributed by atoms with Crippen molar-refractivity contribution in [2.45, 2.75) is 6.36 Å². The third-order valence-electron chi connectivity index (χ3n) is 2.92. The molecule has 0 aliphatic heterocycles. The number of hydrogen-bond donors (Lipinski definition) is 1. The number of alkyl halides is 3. The largest absolute Gasteiger partial charge is 0.574 e. The predicted molar refractivity (Wildman–Crippen MR) is 86.2 cm³/mol. The number of para-hydroxylation sites is 1. The van der Waals surface area contributed by atoms with Crippen LogP contribution in [0.4, 0.5) is 24.5 Å². The minimum atomic E-state index is -4.95. The molecule has 6 nitrogen and oxygen atoms in total. The Hall–Kier alpha value is -2.49. The molecule has 0 fully saturated rings. The molecule has 0 saturated carbocycles. The molecule has 2 rings (SSSR count). The number of anilines is 2. The summed E-state index contributed by atoms with van der Waals surface area (Å²) in [6, 6.07) is 7.45. The number of hydrogen-bond acceptors (Lipinski definition) is 6. The Bertz CT molecular complexity index is 784. The zero-order valence-electron chi connectivity index (χ0n) is 13.0. The predicted octanol–water partition coefficient (Wildman–Crippen LogP) is 4.28. The lowest BCUT2D eigenvalue weighted by Crippen LogP contribution is -2.19. The summed E-state index contributed by atoms with van der Waals surface area (Å²) < 4.78 is 51.7. The molecule has 10 heteroatoms. The quantitative estimate of drug-likeness (QED) is 0.727. The molecule has 134 valence electrons. The third-order valence-corrected chi connectivity index (χ3v) is 3.48. The summed E-state index contributed by atoms with van der Waals surface area (Å²) >= 11 is 3.14. The number of nitrogens with one attached hydrogen (secondary N) is 1. The highest BCUT2D eigenvalue weighted by molar-refractivity contribution is 9.10. The lowest BCUT2D eigenvalue weighted by molar-refractivity contribution is -0.275. The van der Waals surface area contributed by atoms with E-state index in [2.05, 4.69) is 35.7 Å². The molecular formula is C15H12BrF3N2O4. The van der Waals surface area contributed by atoms with Gasteiger partial charge in [0.1, 0.15) is 5.69 Å². The number of esters is 1. The average Bonchev–Trinajstić information content (AvgIpc) is 2.55. The maximum absolute atomic E-state index is 12.6. The van der Waals surface area contributed by atoms with Crippen molar-refractivity contribution in [3.05, 3.63) is 40.4 Å². The number of ether oxygens (including phenoxy) is 3. The number of halogens is 4. The molecular weight excluding hydrogens is 409 g/mol. The van der Waals surface area contributed by atoms with Crippen LogP contribution >= 0.6 is 15.9 Å². The van der Waals surface area contributed by atoms with Crippen LogP contribution in [0, 0.1) is 0 Å². The lowest BCUT2D eigenvalue weighted by atomic mass is 10.1. The zero-order chi connectivity index (χ0) is 18.6. The first-order valence-corrected chi connectivity index (χ1v) is 7.49. The Balaban J connectivity index is 2.49. The Labute approximate surface area is 149 Å². The number of methoxy groups -OCH3 is 2. The molecule has 1 aromatic carbocycles. The Morgan fingerprint density at radius 3 is 2.44 bits per heavy atom. The number of pyridine rings is 1. The smallest absolute Gasteiger partial charge is 0.480 e. The summed E-state index contributed by atoms with van der Waals surface area (Å²) in [4.78, 5) is 15.5. The second kappa shape index (κ2) is 7.60. The van der Waals surface area contributed by atoms with Gasteiger partial charge >= 0.3 is 12.3 Å². The molecule has 1 N–H and O–H groups in total. The number of rotatable bonds is 5. The van der Waals surface area contributed by atoms with Gasteiger partial charge in [-0.25, -0.2) is 4.79 Å². The van der Waals surface area contributed by atoms with E-state index in [-0.39, 0.29) is 22.8 Å². The normalized spacial score (nSPS) is 11.0. The highest BCUT2D eigenvalue weighted by atomic mass is 79.9. The van der Waals surface area contributed by atoms with Crippen LogP contribution in [0.1, 0.15) is 10.4 Å². The highest BCUT2D eigenvalue weighted by Crippen LogP contribution is 2.37. The first-order chi connectivity index (χ1) is 11.7. The van der Waals surface area contributed by atoms with E-state index < -0.39 is 18.2 Å². The van der Waals surface area contributed by atoms with Crippen molar-refractivity contribution in [2.24, 2.45) is 0 Å². The van der Waals surface area contributed by atoms with Gasteiger partial charge in [0.05, 0.1) is 29.9 Å². The summed E-state index contributed by atoms with van der Waals surface area (Å²) in [6.45, 7) is 0. The van der Waals surface area contributed by atoms with Gasteiger partial charge in [-0.1, -0.05) is 12.1 Å². The van der Waals surface area contributed by atoms with Gasteiger partial charge in [0.25, 0.3) is 0 Å². The van der Waals surface area contributed by atoms with Gasteiger partial charge in [0.15, 0.2) is 0 Å². The molecule has 0 aliphatic carbocycles. The molecule has 0 saturated heterocycles. The van der Waals surface area contributed by atoms with Crippen LogP contribution < -0.4 is 14.8 Å². The summed E-state index contributed by atoms with van der Waals surface area (Å²) in [5.74, 6) is -1.50. The van der Waals surface area contributed by atoms with Gasteiger partial charge in [-0.3, -0.25) is 0 Å². The lowest BCUT2D eigenvalue weighted by Gasteiger charge is -2.16. The number of nitrogens with zero attached hydrogens (tertiary/aromatic N) is 1. The van der Waals surface area contributed by atoms with Gasteiger partial charge in [-0.15, -0.1) is 13.2 Å². The maximum Gasteiger partial charge on any atom is 0.574 e. The molecule has 0 atom stereocenters. The van der Waals surface area contributed by atoms with Crippen molar-refractivity contribution in [3.63, 3.8) is 0 Å². The van der Waals surface area contributed by atoms with Gasteiger partial charge in [0.2, 0.25) is 11.8 Å². The standard InChI is InChI=1S/C15H12BrF3N2O4/c1-23-12-9(16)7-11(13(21-12)25-15(17,18)19)20-10-6-4-3-5-8(10)14(22)24-2/h3-7,20H,1-2H3. The number of benzene rings is 1. The molecule has 25 heavy (non-hydrogen) atoms. The number of aromatic nitrogens is 1. The maximum atomic E-state index is 12.6. The monoisotopic (exact) mass is 420 g/mol. The van der Waals surface area contributed by atoms with Crippen LogP contribution in [0.2, 0.25) is 0 Å². The molecule has 0 radical (unpaired) electrons. The Morgan fingerprint density at radius 2 is 1.84 bits per heavy atom. The van der Waals surface area contributed by atoms with E-state index >= 15 is 0 Å². The molecule has 0 amide bonds. The summed E-state index contributed by atoms with van der Waals surface area (Å²) in [5, 5.41) is 2.70. The van der Waals surface area contributed by atoms with Gasteiger partial charge in [0, 0.05) is 0 Å². The van der Waals surface area contributed by atoms with Crippen LogP contribution in [0.15, 0.2) is 34.8 Å². The highest BCUT2D eigenvalue weighted by Gasteiger charge is 2.34. The van der Waals surface area contributed by atoms with Gasteiger partial charge < -0.3 is 19.5 Å². The molecule has 0 aliphatic rings. The third kappa shape index (κ3) is 4.75. The van der Waals surface area contributed by atoms with Crippen LogP contribution in [0.25, 0.3) is 0 Å². The average molecular weight is 421 g/mol. The first kappa shape index (κ1) is 18.8. The van der Waals surface area contributed by atoms with Gasteiger partial charge in [-0.2, -0.15) is 4.98 Å². The molecule has 1 heterocycles. The van der Waals surface area contributed by atoms with E-state index in [1.165, 1.54) is 32.4 Å². The van der Waals surface area contributed by atoms with Crippen LogP contribution in [-0.2, 0) is 4.74 Å². The van der Waals surface area contributed by atoms with Crippen LogP contribution in [0.3, 0.4) is 0 Å². The van der Waals surface area contributed by atoms with E-state index in [4.69, 9.17) is 4.74 Å². The summed E-state index contributed by atoms with van der Waals surface area (Å²) in [6.07, 6.45) is -4.95. The van der Waals surface area contributed by atoms with E-state index in [1.807, 2.05) is 0 Å². The van der Waals surface area contributed by atoms with E-state index in [0.717, 1.165) is 0 Å². The number of carbonyl (C=O) groups is 1. The first-order valence-electron chi connectivity index (χ1n) is 6.69. The molecule has 1 aromatic heterocycles. The molecule has 0 spiro atoms. The molecule has 0 unspecified atom stereocenters. The summed E-state index contributed by atoms with van der Waals surface area (Å²) in [5.41, 5.74) is 0.233. The fraction of sp³-hybridized carbons (Fsp3) is 0.200. The SMILES string of the molecule is COC(=O)c1ccccc1Nc1cc(Br)c(OC)nc1OC(F)(F)F. The van der Waals surface area contributed by atoms with E-state index in [0.29, 0.717) is 4.47 Å². The minimum Gasteiger partial charge on any atom is -0.480 e. The fourth-order valence-electron chi connectivity index (χ4n) is 1.90. The van der Waals surface area contributed by atoms with Crippen molar-refractivity contribution in [3.8, 4) is 11.8 Å². The molecule has 0 bridgehead atoms. The number of carbonyl (C=O) groups excluding carboxylic acids is 1. The minimum absolute atomic E-state index is 0.0916. The Morgan fingerprint density at radius 1 is 1.16 bits per heavy atom. The van der Waals surface area contributed by atoms with Crippen molar-refractivity contribution in [1.82, 2.24) is 4.98 Å². The zero-order valence-corrected chi connectivity index (χ0v) is 14.6. The topological polar surface area (TPSA) is 69.7 Å². The summed E-state index contributed by atoms with van der Waals surface area (Å²) in [7, 11) is 2.45. The van der Waals surface area contributed by atoms with Crippen molar-refractivity contribution >= 4 is 33.3 Å². The second-order valence-electron chi connectivity index (χ2n) is 4.54. The second-order valence-corrected chi connectivity index (χ2v) is 5.40. The Kier molecular flexibility index (Phi) is 5.73. The van der Waals surface area contributed by atoms with Crippen LogP contribution in [0.5, 0.6) is 11.8 Å². The van der Waals surface area contributed by atoms with Crippen LogP contribution in [-0.4, -0.2) is 31.5 Å². The molecule has 2 aromatic rings. The van der Waals surface area contributed by atoms with Gasteiger partial charge in [-0.05, 0) is 34.1 Å². The van der Waals surface area contributed by atoms with Crippen molar-refractivity contribution in [1.29, 1.82) is 0 Å².